The third-order valence-corrected chi connectivity index (χ3v) is 6.35. The molecular formula is C29H29NO. The average Bonchev–Trinajstić information content (AvgIpc) is 2.72. The molecule has 0 unspecified atom stereocenters. The normalized spacial score (nSPS) is 13.0. The van der Waals surface area contributed by atoms with Crippen molar-refractivity contribution in [2.75, 3.05) is 4.90 Å². The van der Waals surface area contributed by atoms with Crippen LogP contribution in [0.2, 0.25) is 0 Å². The summed E-state index contributed by atoms with van der Waals surface area (Å²) in [5.74, 6) is 1.82. The van der Waals surface area contributed by atoms with E-state index in [9.17, 15) is 0 Å². The van der Waals surface area contributed by atoms with Crippen molar-refractivity contribution in [1.29, 1.82) is 0 Å². The number of hydrogen-bond acceptors (Lipinski definition) is 2. The van der Waals surface area contributed by atoms with Crippen LogP contribution in [0, 0.1) is 20.8 Å². The van der Waals surface area contributed by atoms with E-state index in [1.54, 1.807) is 0 Å². The van der Waals surface area contributed by atoms with Gasteiger partial charge in [-0.25, -0.2) is 0 Å². The van der Waals surface area contributed by atoms with E-state index in [-0.39, 0.29) is 5.41 Å². The molecule has 0 spiro atoms. The summed E-state index contributed by atoms with van der Waals surface area (Å²) in [6, 6.07) is 23.9. The molecule has 0 radical (unpaired) electrons. The fraction of sp³-hybridized carbons (Fsp3) is 0.241. The van der Waals surface area contributed by atoms with Crippen molar-refractivity contribution in [3.63, 3.8) is 0 Å². The molecule has 0 aliphatic carbocycles. The Balaban J connectivity index is 1.82. The highest BCUT2D eigenvalue weighted by Gasteiger charge is 2.29. The Morgan fingerprint density at radius 3 is 2.10 bits per heavy atom. The molecule has 4 aromatic carbocycles. The van der Waals surface area contributed by atoms with Crippen molar-refractivity contribution in [2.45, 2.75) is 47.0 Å². The van der Waals surface area contributed by atoms with E-state index in [4.69, 9.17) is 4.74 Å². The highest BCUT2D eigenvalue weighted by molar-refractivity contribution is 6.01. The molecule has 0 bridgehead atoms. The molecule has 156 valence electrons. The molecular weight excluding hydrogens is 378 g/mol. The van der Waals surface area contributed by atoms with Crippen LogP contribution in [0.15, 0.2) is 66.7 Å². The quantitative estimate of drug-likeness (QED) is 0.276. The minimum absolute atomic E-state index is 0.114. The first-order valence-electron chi connectivity index (χ1n) is 11.0. The molecule has 31 heavy (non-hydrogen) atoms. The van der Waals surface area contributed by atoms with E-state index in [0.29, 0.717) is 0 Å². The van der Waals surface area contributed by atoms with Gasteiger partial charge in [-0.05, 0) is 72.0 Å². The van der Waals surface area contributed by atoms with Crippen LogP contribution in [0.5, 0.6) is 11.5 Å². The van der Waals surface area contributed by atoms with Crippen molar-refractivity contribution in [3.8, 4) is 11.5 Å². The van der Waals surface area contributed by atoms with Crippen molar-refractivity contribution in [1.82, 2.24) is 0 Å². The maximum atomic E-state index is 6.51. The van der Waals surface area contributed by atoms with Gasteiger partial charge in [0.05, 0.1) is 17.1 Å². The van der Waals surface area contributed by atoms with E-state index < -0.39 is 0 Å². The number of para-hydroxylation sites is 2. The number of anilines is 3. The van der Waals surface area contributed by atoms with Gasteiger partial charge in [0, 0.05) is 5.39 Å². The Morgan fingerprint density at radius 1 is 0.677 bits per heavy atom. The van der Waals surface area contributed by atoms with E-state index in [1.165, 1.54) is 33.3 Å². The van der Waals surface area contributed by atoms with Gasteiger partial charge in [-0.1, -0.05) is 69.3 Å². The smallest absolute Gasteiger partial charge is 0.159 e. The summed E-state index contributed by atoms with van der Waals surface area (Å²) in [4.78, 5) is 2.38. The van der Waals surface area contributed by atoms with Crippen LogP contribution in [0.4, 0.5) is 17.1 Å². The SMILES string of the molecule is Cc1cc(C(C)(C)C)cc(C)c1N1c2ccccc2Oc2c1ccc1c(C)cccc21. The fourth-order valence-electron chi connectivity index (χ4n) is 4.71. The maximum Gasteiger partial charge on any atom is 0.159 e. The van der Waals surface area contributed by atoms with Crippen LogP contribution < -0.4 is 9.64 Å². The number of nitrogens with zero attached hydrogens (tertiary/aromatic N) is 1. The second kappa shape index (κ2) is 6.88. The minimum atomic E-state index is 0.114. The monoisotopic (exact) mass is 407 g/mol. The van der Waals surface area contributed by atoms with Gasteiger partial charge in [0.25, 0.3) is 0 Å². The first kappa shape index (κ1) is 19.7. The summed E-state index contributed by atoms with van der Waals surface area (Å²) in [7, 11) is 0. The largest absolute Gasteiger partial charge is 0.452 e. The fourth-order valence-corrected chi connectivity index (χ4v) is 4.71. The highest BCUT2D eigenvalue weighted by Crippen LogP contribution is 2.54. The third kappa shape index (κ3) is 3.09. The first-order chi connectivity index (χ1) is 14.8. The standard InChI is InChI=1S/C29H29NO/c1-18-10-9-11-23-22(18)14-15-25-28(23)31-26-13-8-7-12-24(26)30(25)27-19(2)16-21(17-20(27)3)29(4,5)6/h7-17H,1-6H3. The lowest BCUT2D eigenvalue weighted by Crippen LogP contribution is -2.19. The summed E-state index contributed by atoms with van der Waals surface area (Å²) >= 11 is 0. The van der Waals surface area contributed by atoms with Crippen LogP contribution in [0.1, 0.15) is 43.0 Å². The van der Waals surface area contributed by atoms with Crippen molar-refractivity contribution in [3.05, 3.63) is 89.0 Å². The molecule has 2 heteroatoms. The Bertz CT molecular complexity index is 1300. The Hall–Kier alpha value is -3.26. The van der Waals surface area contributed by atoms with Crippen molar-refractivity contribution in [2.24, 2.45) is 0 Å². The Morgan fingerprint density at radius 2 is 1.39 bits per heavy atom. The number of ether oxygens (including phenoxy) is 1. The summed E-state index contributed by atoms with van der Waals surface area (Å²) in [6.07, 6.45) is 0. The van der Waals surface area contributed by atoms with Crippen LogP contribution in [-0.4, -0.2) is 0 Å². The predicted molar refractivity (Wildman–Crippen MR) is 132 cm³/mol. The summed E-state index contributed by atoms with van der Waals surface area (Å²) in [5, 5.41) is 2.38. The Kier molecular flexibility index (Phi) is 4.37. The van der Waals surface area contributed by atoms with E-state index >= 15 is 0 Å². The second-order valence-electron chi connectivity index (χ2n) is 9.70. The predicted octanol–water partition coefficient (Wildman–Crippen LogP) is 8.64. The maximum absolute atomic E-state index is 6.51. The second-order valence-corrected chi connectivity index (χ2v) is 9.70. The molecule has 2 nitrogen and oxygen atoms in total. The summed E-state index contributed by atoms with van der Waals surface area (Å²) < 4.78 is 6.51. The van der Waals surface area contributed by atoms with Crippen LogP contribution in [-0.2, 0) is 5.41 Å². The van der Waals surface area contributed by atoms with Crippen LogP contribution in [0.3, 0.4) is 0 Å². The van der Waals surface area contributed by atoms with Gasteiger partial charge in [0.2, 0.25) is 0 Å². The molecule has 0 aromatic heterocycles. The first-order valence-corrected chi connectivity index (χ1v) is 11.0. The molecule has 0 N–H and O–H groups in total. The van der Waals surface area contributed by atoms with Gasteiger partial charge in [0.1, 0.15) is 0 Å². The molecule has 0 fully saturated rings. The lowest BCUT2D eigenvalue weighted by molar-refractivity contribution is 0.482. The molecule has 0 saturated carbocycles. The summed E-state index contributed by atoms with van der Waals surface area (Å²) in [6.45, 7) is 13.4. The molecule has 4 aromatic rings. The van der Waals surface area contributed by atoms with Crippen molar-refractivity contribution >= 4 is 27.8 Å². The van der Waals surface area contributed by atoms with E-state index in [0.717, 1.165) is 28.3 Å². The number of fused-ring (bicyclic) bond motifs is 4. The van der Waals surface area contributed by atoms with Gasteiger partial charge in [-0.2, -0.15) is 0 Å². The number of hydrogen-bond donors (Lipinski definition) is 0. The van der Waals surface area contributed by atoms with Gasteiger partial charge < -0.3 is 9.64 Å². The number of aryl methyl sites for hydroxylation is 3. The summed E-state index contributed by atoms with van der Waals surface area (Å²) in [5.41, 5.74) is 8.69. The molecule has 0 atom stereocenters. The molecule has 5 rings (SSSR count). The molecule has 1 aliphatic heterocycles. The zero-order chi connectivity index (χ0) is 21.9. The zero-order valence-corrected chi connectivity index (χ0v) is 19.2. The van der Waals surface area contributed by atoms with Crippen LogP contribution >= 0.6 is 0 Å². The molecule has 0 saturated heterocycles. The van der Waals surface area contributed by atoms with E-state index in [1.807, 2.05) is 6.07 Å². The molecule has 1 aliphatic rings. The lowest BCUT2D eigenvalue weighted by atomic mass is 9.84. The molecule has 1 heterocycles. The van der Waals surface area contributed by atoms with Gasteiger partial charge in [0.15, 0.2) is 11.5 Å². The van der Waals surface area contributed by atoms with Crippen molar-refractivity contribution < 1.29 is 4.74 Å². The minimum Gasteiger partial charge on any atom is -0.452 e. The van der Waals surface area contributed by atoms with Gasteiger partial charge >= 0.3 is 0 Å². The number of benzene rings is 4. The van der Waals surface area contributed by atoms with Gasteiger partial charge in [-0.15, -0.1) is 0 Å². The lowest BCUT2D eigenvalue weighted by Gasteiger charge is -2.36. The Labute approximate surface area is 185 Å². The number of rotatable bonds is 1. The molecule has 0 amide bonds. The van der Waals surface area contributed by atoms with E-state index in [2.05, 4.69) is 107 Å². The van der Waals surface area contributed by atoms with Crippen LogP contribution in [0.25, 0.3) is 10.8 Å². The average molecular weight is 408 g/mol. The zero-order valence-electron chi connectivity index (χ0n) is 19.2. The topological polar surface area (TPSA) is 12.5 Å². The highest BCUT2D eigenvalue weighted by atomic mass is 16.5. The third-order valence-electron chi connectivity index (χ3n) is 6.35. The van der Waals surface area contributed by atoms with Gasteiger partial charge in [-0.3, -0.25) is 0 Å².